The van der Waals surface area contributed by atoms with Gasteiger partial charge >= 0.3 is 0 Å². The van der Waals surface area contributed by atoms with E-state index in [9.17, 15) is 9.00 Å². The van der Waals surface area contributed by atoms with Crippen LogP contribution in [0.1, 0.15) is 37.6 Å². The van der Waals surface area contributed by atoms with Crippen molar-refractivity contribution < 1.29 is 18.1 Å². The van der Waals surface area contributed by atoms with Crippen LogP contribution in [0.25, 0.3) is 10.9 Å². The number of carbonyl (C=O) groups is 1. The lowest BCUT2D eigenvalue weighted by Crippen LogP contribution is -2.22. The SMILES string of the molecule is Cc1cc(CC(=O)Nc2cnn(C(C)(C)C)c2)cc(F)c1Oc1ccnc2ccc(S(=O)Cc3cccnn3)cc12. The molecule has 2 aromatic carbocycles. The number of aromatic nitrogens is 5. The second-order valence-electron chi connectivity index (χ2n) is 10.6. The Kier molecular flexibility index (Phi) is 7.89. The normalized spacial score (nSPS) is 12.3. The van der Waals surface area contributed by atoms with Gasteiger partial charge in [-0.1, -0.05) is 6.07 Å². The highest BCUT2D eigenvalue weighted by Crippen LogP contribution is 2.34. The Labute approximate surface area is 239 Å². The van der Waals surface area contributed by atoms with E-state index in [2.05, 4.69) is 25.6 Å². The van der Waals surface area contributed by atoms with E-state index >= 15 is 4.39 Å². The number of aryl methyl sites for hydroxylation is 1. The van der Waals surface area contributed by atoms with Gasteiger partial charge in [-0.15, -0.1) is 0 Å². The molecule has 3 aromatic heterocycles. The van der Waals surface area contributed by atoms with Gasteiger partial charge in [0.1, 0.15) is 5.75 Å². The van der Waals surface area contributed by atoms with Crippen LogP contribution in [0.4, 0.5) is 10.1 Å². The lowest BCUT2D eigenvalue weighted by Gasteiger charge is -2.18. The van der Waals surface area contributed by atoms with Gasteiger partial charge in [0, 0.05) is 28.9 Å². The van der Waals surface area contributed by atoms with Crippen molar-refractivity contribution >= 4 is 33.3 Å². The molecule has 0 fully saturated rings. The fourth-order valence-electron chi connectivity index (χ4n) is 4.25. The summed E-state index contributed by atoms with van der Waals surface area (Å²) < 4.78 is 36.1. The molecule has 41 heavy (non-hydrogen) atoms. The smallest absolute Gasteiger partial charge is 0.228 e. The molecular weight excluding hydrogens is 543 g/mol. The van der Waals surface area contributed by atoms with Crippen LogP contribution < -0.4 is 10.1 Å². The minimum absolute atomic E-state index is 0.0160. The predicted octanol–water partition coefficient (Wildman–Crippen LogP) is 5.71. The van der Waals surface area contributed by atoms with E-state index in [4.69, 9.17) is 4.74 Å². The number of ether oxygens (including phenoxy) is 1. The highest BCUT2D eigenvalue weighted by Gasteiger charge is 2.18. The molecule has 5 rings (SSSR count). The standard InChI is InChI=1S/C30H29FN6O3S/c1-19-12-20(14-28(38)35-22-16-34-37(17-22)30(2,3)4)13-25(31)29(19)40-27-9-11-32-26-8-7-23(15-24(26)27)41(39)18-21-6-5-10-33-36-21/h5-13,15-17H,14,18H2,1-4H3,(H,35,38). The third-order valence-corrected chi connectivity index (χ3v) is 7.60. The molecule has 0 saturated carbocycles. The minimum Gasteiger partial charge on any atom is -0.453 e. The summed E-state index contributed by atoms with van der Waals surface area (Å²) in [6.07, 6.45) is 6.46. The van der Waals surface area contributed by atoms with Crippen LogP contribution in [0.15, 0.2) is 78.2 Å². The summed E-state index contributed by atoms with van der Waals surface area (Å²) in [5, 5.41) is 15.5. The lowest BCUT2D eigenvalue weighted by molar-refractivity contribution is -0.115. The number of fused-ring (bicyclic) bond motifs is 1. The first-order valence-corrected chi connectivity index (χ1v) is 14.2. The Balaban J connectivity index is 1.33. The summed E-state index contributed by atoms with van der Waals surface area (Å²) in [7, 11) is -1.38. The number of hydrogen-bond acceptors (Lipinski definition) is 7. The third-order valence-electron chi connectivity index (χ3n) is 6.26. The average Bonchev–Trinajstić information content (AvgIpc) is 3.40. The molecule has 0 radical (unpaired) electrons. The van der Waals surface area contributed by atoms with E-state index in [1.807, 2.05) is 20.8 Å². The van der Waals surface area contributed by atoms with Crippen LogP contribution in [0.2, 0.25) is 0 Å². The van der Waals surface area contributed by atoms with Gasteiger partial charge in [-0.3, -0.25) is 18.7 Å². The quantitative estimate of drug-likeness (QED) is 0.254. The molecular formula is C30H29FN6O3S. The second kappa shape index (κ2) is 11.5. The van der Waals surface area contributed by atoms with E-state index in [0.717, 1.165) is 0 Å². The molecule has 5 aromatic rings. The largest absolute Gasteiger partial charge is 0.453 e. The van der Waals surface area contributed by atoms with Crippen molar-refractivity contribution in [3.63, 3.8) is 0 Å². The summed E-state index contributed by atoms with van der Waals surface area (Å²) in [4.78, 5) is 17.6. The molecule has 1 atom stereocenters. The highest BCUT2D eigenvalue weighted by molar-refractivity contribution is 7.84. The van der Waals surface area contributed by atoms with Crippen LogP contribution in [-0.4, -0.2) is 35.1 Å². The molecule has 0 bridgehead atoms. The first kappa shape index (κ1) is 28.0. The van der Waals surface area contributed by atoms with Crippen molar-refractivity contribution in [2.45, 2.75) is 50.3 Å². The lowest BCUT2D eigenvalue weighted by atomic mass is 10.1. The molecule has 0 aliphatic carbocycles. The zero-order chi connectivity index (χ0) is 29.1. The fraction of sp³-hybridized carbons (Fsp3) is 0.233. The number of rotatable bonds is 8. The predicted molar refractivity (Wildman–Crippen MR) is 155 cm³/mol. The average molecular weight is 573 g/mol. The van der Waals surface area contributed by atoms with Crippen molar-refractivity contribution in [1.29, 1.82) is 0 Å². The zero-order valence-electron chi connectivity index (χ0n) is 23.1. The number of nitrogens with one attached hydrogen (secondary N) is 1. The summed E-state index contributed by atoms with van der Waals surface area (Å²) in [6, 6.07) is 13.4. The summed E-state index contributed by atoms with van der Waals surface area (Å²) in [6.45, 7) is 7.75. The van der Waals surface area contributed by atoms with Crippen LogP contribution >= 0.6 is 0 Å². The van der Waals surface area contributed by atoms with Crippen molar-refractivity contribution in [1.82, 2.24) is 25.0 Å². The molecule has 9 nitrogen and oxygen atoms in total. The van der Waals surface area contributed by atoms with Gasteiger partial charge in [-0.25, -0.2) is 4.39 Å². The summed E-state index contributed by atoms with van der Waals surface area (Å²) in [5.41, 5.74) is 2.62. The Bertz CT molecular complexity index is 1730. The molecule has 0 aliphatic rings. The van der Waals surface area contributed by atoms with Crippen LogP contribution in [-0.2, 0) is 33.3 Å². The number of nitrogens with zero attached hydrogens (tertiary/aromatic N) is 5. The molecule has 210 valence electrons. The van der Waals surface area contributed by atoms with Gasteiger partial charge in [-0.2, -0.15) is 15.3 Å². The Morgan fingerprint density at radius 1 is 1.12 bits per heavy atom. The van der Waals surface area contributed by atoms with Crippen molar-refractivity contribution in [3.8, 4) is 11.5 Å². The van der Waals surface area contributed by atoms with Gasteiger partial charge < -0.3 is 10.1 Å². The van der Waals surface area contributed by atoms with Crippen molar-refractivity contribution in [3.05, 3.63) is 96.0 Å². The third kappa shape index (κ3) is 6.63. The van der Waals surface area contributed by atoms with E-state index in [-0.39, 0.29) is 29.4 Å². The molecule has 0 spiro atoms. The number of benzene rings is 2. The maximum atomic E-state index is 15.3. The first-order chi connectivity index (χ1) is 19.6. The van der Waals surface area contributed by atoms with Crippen LogP contribution in [0.3, 0.4) is 0 Å². The number of carbonyl (C=O) groups excluding carboxylic acids is 1. The topological polar surface area (TPSA) is 112 Å². The molecule has 11 heteroatoms. The molecule has 1 amide bonds. The summed E-state index contributed by atoms with van der Waals surface area (Å²) in [5.74, 6) is -0.262. The monoisotopic (exact) mass is 572 g/mol. The van der Waals surface area contributed by atoms with Gasteiger partial charge in [-0.05, 0) is 81.3 Å². The number of pyridine rings is 1. The highest BCUT2D eigenvalue weighted by atomic mass is 32.2. The van der Waals surface area contributed by atoms with E-state index < -0.39 is 16.6 Å². The van der Waals surface area contributed by atoms with E-state index in [1.54, 1.807) is 78.9 Å². The first-order valence-electron chi connectivity index (χ1n) is 12.9. The van der Waals surface area contributed by atoms with Crippen LogP contribution in [0.5, 0.6) is 11.5 Å². The number of hydrogen-bond donors (Lipinski definition) is 1. The van der Waals surface area contributed by atoms with E-state index in [1.165, 1.54) is 6.07 Å². The molecule has 0 saturated heterocycles. The van der Waals surface area contributed by atoms with Gasteiger partial charge in [0.15, 0.2) is 11.6 Å². The molecule has 1 unspecified atom stereocenters. The number of anilines is 1. The van der Waals surface area contributed by atoms with Crippen molar-refractivity contribution in [2.24, 2.45) is 0 Å². The van der Waals surface area contributed by atoms with Gasteiger partial charge in [0.05, 0.1) is 51.6 Å². The Morgan fingerprint density at radius 2 is 1.95 bits per heavy atom. The van der Waals surface area contributed by atoms with Gasteiger partial charge in [0.2, 0.25) is 5.91 Å². The van der Waals surface area contributed by atoms with Crippen molar-refractivity contribution in [2.75, 3.05) is 5.32 Å². The van der Waals surface area contributed by atoms with Gasteiger partial charge in [0.25, 0.3) is 0 Å². The summed E-state index contributed by atoms with van der Waals surface area (Å²) >= 11 is 0. The molecule has 0 aliphatic heterocycles. The Hall–Kier alpha value is -4.51. The maximum absolute atomic E-state index is 15.3. The molecule has 1 N–H and O–H groups in total. The zero-order valence-corrected chi connectivity index (χ0v) is 23.9. The maximum Gasteiger partial charge on any atom is 0.228 e. The number of amides is 1. The molecule has 3 heterocycles. The fourth-order valence-corrected chi connectivity index (χ4v) is 5.31. The number of halogens is 1. The van der Waals surface area contributed by atoms with E-state index in [0.29, 0.717) is 44.1 Å². The Morgan fingerprint density at radius 3 is 2.66 bits per heavy atom. The second-order valence-corrected chi connectivity index (χ2v) is 12.0. The minimum atomic E-state index is -1.38. The van der Waals surface area contributed by atoms with Crippen LogP contribution in [0, 0.1) is 12.7 Å².